The number of rotatable bonds is 3. The molecule has 0 saturated heterocycles. The number of aldehydes is 1. The Labute approximate surface area is 149 Å². The van der Waals surface area contributed by atoms with Crippen LogP contribution in [-0.2, 0) is 6.18 Å². The van der Waals surface area contributed by atoms with Crippen molar-refractivity contribution >= 4 is 22.6 Å². The third kappa shape index (κ3) is 2.88. The number of aromatic nitrogens is 3. The van der Waals surface area contributed by atoms with Crippen molar-refractivity contribution in [1.29, 1.82) is 0 Å². The van der Waals surface area contributed by atoms with E-state index in [0.717, 1.165) is 24.0 Å². The SMILES string of the molecule is O=Cc1ccc(-c2nn3c(-c4ccc(C(F)(F)F)cc4)cnc3s2)cc1. The van der Waals surface area contributed by atoms with Crippen LogP contribution in [0.3, 0.4) is 0 Å². The fourth-order valence-electron chi connectivity index (χ4n) is 2.54. The fraction of sp³-hybridized carbons (Fsp3) is 0.0556. The van der Waals surface area contributed by atoms with Gasteiger partial charge in [0.05, 0.1) is 17.5 Å². The van der Waals surface area contributed by atoms with Crippen LogP contribution < -0.4 is 0 Å². The molecular formula is C18H10F3N3OS. The number of benzene rings is 2. The lowest BCUT2D eigenvalue weighted by Crippen LogP contribution is -2.04. The number of fused-ring (bicyclic) bond motifs is 1. The zero-order valence-electron chi connectivity index (χ0n) is 13.1. The first-order valence-electron chi connectivity index (χ1n) is 7.53. The predicted octanol–water partition coefficient (Wildman–Crippen LogP) is 4.96. The summed E-state index contributed by atoms with van der Waals surface area (Å²) in [7, 11) is 0. The van der Waals surface area contributed by atoms with Crippen LogP contribution in [0, 0.1) is 0 Å². The summed E-state index contributed by atoms with van der Waals surface area (Å²) in [6, 6.07) is 11.9. The lowest BCUT2D eigenvalue weighted by molar-refractivity contribution is -0.137. The van der Waals surface area contributed by atoms with Crippen LogP contribution in [0.1, 0.15) is 15.9 Å². The highest BCUT2D eigenvalue weighted by molar-refractivity contribution is 7.19. The van der Waals surface area contributed by atoms with E-state index in [4.69, 9.17) is 0 Å². The quantitative estimate of drug-likeness (QED) is 0.477. The van der Waals surface area contributed by atoms with E-state index in [1.165, 1.54) is 23.5 Å². The van der Waals surface area contributed by atoms with Crippen molar-refractivity contribution < 1.29 is 18.0 Å². The Morgan fingerprint density at radius 1 is 0.962 bits per heavy atom. The first-order chi connectivity index (χ1) is 12.5. The van der Waals surface area contributed by atoms with Gasteiger partial charge in [0, 0.05) is 16.7 Å². The minimum Gasteiger partial charge on any atom is -0.298 e. The Balaban J connectivity index is 1.73. The summed E-state index contributed by atoms with van der Waals surface area (Å²) in [5.41, 5.74) is 1.92. The van der Waals surface area contributed by atoms with Gasteiger partial charge in [0.1, 0.15) is 11.3 Å². The van der Waals surface area contributed by atoms with Crippen LogP contribution in [0.5, 0.6) is 0 Å². The lowest BCUT2D eigenvalue weighted by Gasteiger charge is -2.06. The van der Waals surface area contributed by atoms with Gasteiger partial charge in [-0.3, -0.25) is 4.79 Å². The lowest BCUT2D eigenvalue weighted by atomic mass is 10.1. The van der Waals surface area contributed by atoms with Crippen LogP contribution in [0.15, 0.2) is 54.7 Å². The van der Waals surface area contributed by atoms with Crippen molar-refractivity contribution in [1.82, 2.24) is 14.6 Å². The zero-order valence-corrected chi connectivity index (χ0v) is 13.9. The van der Waals surface area contributed by atoms with Crippen molar-refractivity contribution in [2.45, 2.75) is 6.18 Å². The number of carbonyl (C=O) groups excluding carboxylic acids is 1. The van der Waals surface area contributed by atoms with Crippen LogP contribution >= 0.6 is 11.3 Å². The molecule has 130 valence electrons. The number of hydrogen-bond acceptors (Lipinski definition) is 4. The van der Waals surface area contributed by atoms with Crippen molar-refractivity contribution in [3.05, 3.63) is 65.9 Å². The number of nitrogens with zero attached hydrogens (tertiary/aromatic N) is 3. The second kappa shape index (κ2) is 6.06. The molecule has 0 saturated carbocycles. The minimum atomic E-state index is -4.37. The summed E-state index contributed by atoms with van der Waals surface area (Å²) in [4.78, 5) is 15.7. The third-order valence-corrected chi connectivity index (χ3v) is 4.86. The molecule has 4 nitrogen and oxygen atoms in total. The van der Waals surface area contributed by atoms with E-state index in [-0.39, 0.29) is 0 Å². The molecule has 0 fully saturated rings. The average molecular weight is 373 g/mol. The molecule has 0 radical (unpaired) electrons. The number of hydrogen-bond donors (Lipinski definition) is 0. The summed E-state index contributed by atoms with van der Waals surface area (Å²) in [6.07, 6.45) is -2.02. The molecule has 4 aromatic rings. The summed E-state index contributed by atoms with van der Waals surface area (Å²) < 4.78 is 39.7. The van der Waals surface area contributed by atoms with Gasteiger partial charge in [-0.25, -0.2) is 9.50 Å². The van der Waals surface area contributed by atoms with Crippen LogP contribution in [0.25, 0.3) is 26.8 Å². The van der Waals surface area contributed by atoms with E-state index in [2.05, 4.69) is 10.1 Å². The first-order valence-corrected chi connectivity index (χ1v) is 8.35. The van der Waals surface area contributed by atoms with E-state index < -0.39 is 11.7 Å². The maximum atomic E-state index is 12.7. The smallest absolute Gasteiger partial charge is 0.298 e. The molecule has 0 unspecified atom stereocenters. The predicted molar refractivity (Wildman–Crippen MR) is 92.1 cm³/mol. The number of carbonyl (C=O) groups is 1. The fourth-order valence-corrected chi connectivity index (χ4v) is 3.42. The normalized spacial score (nSPS) is 11.8. The zero-order chi connectivity index (χ0) is 18.3. The largest absolute Gasteiger partial charge is 0.416 e. The molecular weight excluding hydrogens is 363 g/mol. The molecule has 0 atom stereocenters. The van der Waals surface area contributed by atoms with E-state index in [9.17, 15) is 18.0 Å². The Bertz CT molecular complexity index is 1080. The van der Waals surface area contributed by atoms with E-state index in [1.807, 2.05) is 0 Å². The van der Waals surface area contributed by atoms with Crippen LogP contribution in [0.4, 0.5) is 13.2 Å². The molecule has 0 aliphatic carbocycles. The molecule has 0 aliphatic heterocycles. The first kappa shape index (κ1) is 16.5. The Hall–Kier alpha value is -3.00. The minimum absolute atomic E-state index is 0.570. The van der Waals surface area contributed by atoms with Gasteiger partial charge in [0.15, 0.2) is 0 Å². The van der Waals surface area contributed by atoms with Crippen LogP contribution in [-0.4, -0.2) is 20.9 Å². The molecule has 0 bridgehead atoms. The molecule has 0 aliphatic rings. The molecule has 0 N–H and O–H groups in total. The second-order valence-corrected chi connectivity index (χ2v) is 6.52. The Morgan fingerprint density at radius 2 is 1.62 bits per heavy atom. The molecule has 2 aromatic carbocycles. The topological polar surface area (TPSA) is 47.3 Å². The highest BCUT2D eigenvalue weighted by atomic mass is 32.1. The van der Waals surface area contributed by atoms with Gasteiger partial charge in [-0.2, -0.15) is 18.3 Å². The van der Waals surface area contributed by atoms with Gasteiger partial charge in [-0.1, -0.05) is 47.7 Å². The summed E-state index contributed by atoms with van der Waals surface area (Å²) in [5.74, 6) is 0. The van der Waals surface area contributed by atoms with Crippen molar-refractivity contribution in [3.8, 4) is 21.8 Å². The molecule has 0 spiro atoms. The number of halogens is 3. The molecule has 2 aromatic heterocycles. The van der Waals surface area contributed by atoms with Crippen LogP contribution in [0.2, 0.25) is 0 Å². The van der Waals surface area contributed by atoms with Gasteiger partial charge in [-0.05, 0) is 12.1 Å². The molecule has 0 amide bonds. The average Bonchev–Trinajstić information content (AvgIpc) is 3.22. The standard InChI is InChI=1S/C18H10F3N3OS/c19-18(20,21)14-7-5-12(6-8-14)15-9-22-17-24(15)23-16(26-17)13-3-1-11(10-25)2-4-13/h1-10H. The Kier molecular flexibility index (Phi) is 3.84. The second-order valence-electron chi connectivity index (χ2n) is 5.56. The van der Waals surface area contributed by atoms with Gasteiger partial charge in [-0.15, -0.1) is 0 Å². The molecule has 4 rings (SSSR count). The molecule has 26 heavy (non-hydrogen) atoms. The van der Waals surface area contributed by atoms with E-state index >= 15 is 0 Å². The van der Waals surface area contributed by atoms with Crippen molar-refractivity contribution in [3.63, 3.8) is 0 Å². The monoisotopic (exact) mass is 373 g/mol. The molecule has 8 heteroatoms. The van der Waals surface area contributed by atoms with Crippen molar-refractivity contribution in [2.24, 2.45) is 0 Å². The summed E-state index contributed by atoms with van der Waals surface area (Å²) in [6.45, 7) is 0. The van der Waals surface area contributed by atoms with Gasteiger partial charge >= 0.3 is 6.18 Å². The number of imidazole rings is 1. The summed E-state index contributed by atoms with van der Waals surface area (Å²) >= 11 is 1.36. The van der Waals surface area contributed by atoms with E-state index in [1.54, 1.807) is 35.0 Å². The maximum absolute atomic E-state index is 12.7. The Morgan fingerprint density at radius 3 is 2.23 bits per heavy atom. The highest BCUT2D eigenvalue weighted by Crippen LogP contribution is 2.32. The highest BCUT2D eigenvalue weighted by Gasteiger charge is 2.30. The van der Waals surface area contributed by atoms with Gasteiger partial charge in [0.25, 0.3) is 0 Å². The van der Waals surface area contributed by atoms with Crippen molar-refractivity contribution in [2.75, 3.05) is 0 Å². The molecule has 2 heterocycles. The van der Waals surface area contributed by atoms with Gasteiger partial charge < -0.3 is 0 Å². The summed E-state index contributed by atoms with van der Waals surface area (Å²) in [5, 5.41) is 5.22. The number of alkyl halides is 3. The third-order valence-electron chi connectivity index (χ3n) is 3.89. The maximum Gasteiger partial charge on any atom is 0.416 e. The van der Waals surface area contributed by atoms with Gasteiger partial charge in [0.2, 0.25) is 4.96 Å². The van der Waals surface area contributed by atoms with E-state index in [0.29, 0.717) is 26.8 Å².